The number of carbonyl (C=O) groups is 1. The summed E-state index contributed by atoms with van der Waals surface area (Å²) < 4.78 is 0. The van der Waals surface area contributed by atoms with Gasteiger partial charge in [0.1, 0.15) is 11.5 Å². The van der Waals surface area contributed by atoms with Gasteiger partial charge in [0.25, 0.3) is 5.91 Å². The molecule has 1 aromatic heterocycles. The van der Waals surface area contributed by atoms with Gasteiger partial charge in [0.15, 0.2) is 0 Å². The molecule has 2 rings (SSSR count). The van der Waals surface area contributed by atoms with Gasteiger partial charge in [0.05, 0.1) is 12.4 Å². The van der Waals surface area contributed by atoms with E-state index in [4.69, 9.17) is 0 Å². The standard InChI is InChI=1S/C16H26N4O/c1-12(2)8-9-17-15-11-18-14(10-19-15)16(21)20-13-6-4-3-5-7-13/h10-13H,3-9H2,1-2H3,(H,17,19)(H,20,21). The Morgan fingerprint density at radius 3 is 2.62 bits per heavy atom. The van der Waals surface area contributed by atoms with E-state index < -0.39 is 0 Å². The van der Waals surface area contributed by atoms with Crippen molar-refractivity contribution in [1.82, 2.24) is 15.3 Å². The summed E-state index contributed by atoms with van der Waals surface area (Å²) in [5, 5.41) is 6.27. The first-order valence-electron chi connectivity index (χ1n) is 8.02. The van der Waals surface area contributed by atoms with E-state index in [1.165, 1.54) is 19.3 Å². The lowest BCUT2D eigenvalue weighted by Crippen LogP contribution is -2.36. The zero-order valence-electron chi connectivity index (χ0n) is 13.1. The molecular weight excluding hydrogens is 264 g/mol. The van der Waals surface area contributed by atoms with Gasteiger partial charge < -0.3 is 10.6 Å². The average Bonchev–Trinajstić information content (AvgIpc) is 2.48. The Kier molecular flexibility index (Phi) is 5.96. The van der Waals surface area contributed by atoms with Crippen molar-refractivity contribution in [1.29, 1.82) is 0 Å². The van der Waals surface area contributed by atoms with Gasteiger partial charge in [-0.05, 0) is 25.2 Å². The normalized spacial score (nSPS) is 16.0. The van der Waals surface area contributed by atoms with Crippen molar-refractivity contribution in [3.05, 3.63) is 18.1 Å². The van der Waals surface area contributed by atoms with Gasteiger partial charge in [0, 0.05) is 12.6 Å². The zero-order chi connectivity index (χ0) is 15.1. The second-order valence-electron chi connectivity index (χ2n) is 6.20. The van der Waals surface area contributed by atoms with E-state index in [2.05, 4.69) is 34.4 Å². The minimum Gasteiger partial charge on any atom is -0.369 e. The molecule has 0 radical (unpaired) electrons. The van der Waals surface area contributed by atoms with Crippen molar-refractivity contribution in [3.8, 4) is 0 Å². The number of hydrogen-bond acceptors (Lipinski definition) is 4. The van der Waals surface area contributed by atoms with Crippen molar-refractivity contribution >= 4 is 11.7 Å². The molecule has 0 atom stereocenters. The third-order valence-corrected chi connectivity index (χ3v) is 3.85. The first-order valence-corrected chi connectivity index (χ1v) is 8.02. The van der Waals surface area contributed by atoms with Crippen molar-refractivity contribution in [3.63, 3.8) is 0 Å². The first kappa shape index (κ1) is 15.7. The fourth-order valence-corrected chi connectivity index (χ4v) is 2.53. The van der Waals surface area contributed by atoms with Crippen LogP contribution in [0.1, 0.15) is 62.9 Å². The molecule has 0 unspecified atom stereocenters. The van der Waals surface area contributed by atoms with Crippen LogP contribution < -0.4 is 10.6 Å². The molecule has 2 N–H and O–H groups in total. The highest BCUT2D eigenvalue weighted by Crippen LogP contribution is 2.17. The van der Waals surface area contributed by atoms with Gasteiger partial charge in [-0.25, -0.2) is 9.97 Å². The molecule has 0 aliphatic heterocycles. The molecule has 1 aromatic rings. The molecule has 0 spiro atoms. The van der Waals surface area contributed by atoms with Crippen molar-refractivity contribution < 1.29 is 4.79 Å². The maximum Gasteiger partial charge on any atom is 0.271 e. The van der Waals surface area contributed by atoms with Crippen molar-refractivity contribution in [2.45, 2.75) is 58.4 Å². The summed E-state index contributed by atoms with van der Waals surface area (Å²) in [7, 11) is 0. The van der Waals surface area contributed by atoms with Gasteiger partial charge in [-0.15, -0.1) is 0 Å². The minimum atomic E-state index is -0.108. The Balaban J connectivity index is 1.81. The Labute approximate surface area is 127 Å². The molecule has 1 fully saturated rings. The van der Waals surface area contributed by atoms with Crippen LogP contribution in [-0.4, -0.2) is 28.5 Å². The van der Waals surface area contributed by atoms with Gasteiger partial charge in [-0.3, -0.25) is 4.79 Å². The Morgan fingerprint density at radius 1 is 1.24 bits per heavy atom. The van der Waals surface area contributed by atoms with E-state index in [1.807, 2.05) is 0 Å². The average molecular weight is 290 g/mol. The number of carbonyl (C=O) groups excluding carboxylic acids is 1. The molecule has 0 saturated heterocycles. The van der Waals surface area contributed by atoms with Gasteiger partial charge in [-0.1, -0.05) is 33.1 Å². The predicted molar refractivity (Wildman–Crippen MR) is 84.3 cm³/mol. The molecule has 0 aromatic carbocycles. The quantitative estimate of drug-likeness (QED) is 0.845. The molecule has 0 bridgehead atoms. The van der Waals surface area contributed by atoms with Crippen LogP contribution in [0.3, 0.4) is 0 Å². The van der Waals surface area contributed by atoms with E-state index in [0.717, 1.165) is 31.6 Å². The van der Waals surface area contributed by atoms with Gasteiger partial charge in [-0.2, -0.15) is 0 Å². The molecule has 5 heteroatoms. The SMILES string of the molecule is CC(C)CCNc1cnc(C(=O)NC2CCCCC2)cn1. The fraction of sp³-hybridized carbons (Fsp3) is 0.688. The first-order chi connectivity index (χ1) is 10.1. The van der Waals surface area contributed by atoms with Crippen molar-refractivity contribution in [2.75, 3.05) is 11.9 Å². The largest absolute Gasteiger partial charge is 0.369 e. The number of nitrogens with zero attached hydrogens (tertiary/aromatic N) is 2. The summed E-state index contributed by atoms with van der Waals surface area (Å²) in [6, 6.07) is 0.303. The summed E-state index contributed by atoms with van der Waals surface area (Å²) in [4.78, 5) is 20.6. The second-order valence-corrected chi connectivity index (χ2v) is 6.20. The molecule has 1 heterocycles. The lowest BCUT2D eigenvalue weighted by Gasteiger charge is -2.22. The molecular formula is C16H26N4O. The maximum absolute atomic E-state index is 12.1. The molecule has 1 aliphatic rings. The van der Waals surface area contributed by atoms with Crippen LogP contribution in [0.2, 0.25) is 0 Å². The third kappa shape index (κ3) is 5.33. The number of aromatic nitrogens is 2. The lowest BCUT2D eigenvalue weighted by molar-refractivity contribution is 0.0922. The van der Waals surface area contributed by atoms with Crippen LogP contribution >= 0.6 is 0 Å². The van der Waals surface area contributed by atoms with Crippen LogP contribution in [0.5, 0.6) is 0 Å². The van der Waals surface area contributed by atoms with Crippen LogP contribution in [0.4, 0.5) is 5.82 Å². The van der Waals surface area contributed by atoms with Crippen LogP contribution in [0.15, 0.2) is 12.4 Å². The maximum atomic E-state index is 12.1. The molecule has 1 saturated carbocycles. The van der Waals surface area contributed by atoms with E-state index >= 15 is 0 Å². The zero-order valence-corrected chi connectivity index (χ0v) is 13.1. The number of nitrogens with one attached hydrogen (secondary N) is 2. The highest BCUT2D eigenvalue weighted by atomic mass is 16.1. The number of hydrogen-bond donors (Lipinski definition) is 2. The summed E-state index contributed by atoms with van der Waals surface area (Å²) >= 11 is 0. The smallest absolute Gasteiger partial charge is 0.271 e. The summed E-state index contributed by atoms with van der Waals surface area (Å²) in [6.45, 7) is 5.25. The highest BCUT2D eigenvalue weighted by Gasteiger charge is 2.17. The monoisotopic (exact) mass is 290 g/mol. The molecule has 1 amide bonds. The predicted octanol–water partition coefficient (Wildman–Crippen LogP) is 3.00. The van der Waals surface area contributed by atoms with Gasteiger partial charge >= 0.3 is 0 Å². The van der Waals surface area contributed by atoms with E-state index in [-0.39, 0.29) is 5.91 Å². The fourth-order valence-electron chi connectivity index (χ4n) is 2.53. The number of anilines is 1. The third-order valence-electron chi connectivity index (χ3n) is 3.85. The Hall–Kier alpha value is -1.65. The molecule has 116 valence electrons. The summed E-state index contributed by atoms with van der Waals surface area (Å²) in [5.41, 5.74) is 0.398. The van der Waals surface area contributed by atoms with E-state index in [9.17, 15) is 4.79 Å². The van der Waals surface area contributed by atoms with E-state index in [0.29, 0.717) is 17.7 Å². The van der Waals surface area contributed by atoms with Crippen molar-refractivity contribution in [2.24, 2.45) is 5.92 Å². The Morgan fingerprint density at radius 2 is 2.00 bits per heavy atom. The highest BCUT2D eigenvalue weighted by molar-refractivity contribution is 5.92. The van der Waals surface area contributed by atoms with E-state index in [1.54, 1.807) is 12.4 Å². The molecule has 21 heavy (non-hydrogen) atoms. The summed E-state index contributed by atoms with van der Waals surface area (Å²) in [5.74, 6) is 1.28. The van der Waals surface area contributed by atoms with Crippen LogP contribution in [0.25, 0.3) is 0 Å². The molecule has 1 aliphatic carbocycles. The van der Waals surface area contributed by atoms with Crippen LogP contribution in [-0.2, 0) is 0 Å². The number of amides is 1. The molecule has 5 nitrogen and oxygen atoms in total. The lowest BCUT2D eigenvalue weighted by atomic mass is 9.95. The topological polar surface area (TPSA) is 66.9 Å². The van der Waals surface area contributed by atoms with Gasteiger partial charge in [0.2, 0.25) is 0 Å². The minimum absolute atomic E-state index is 0.108. The Bertz CT molecular complexity index is 438. The second kappa shape index (κ2) is 7.96. The summed E-state index contributed by atoms with van der Waals surface area (Å²) in [6.07, 6.45) is 10.1. The number of rotatable bonds is 6. The van der Waals surface area contributed by atoms with Crippen LogP contribution in [0, 0.1) is 5.92 Å².